The molecule has 0 radical (unpaired) electrons. The van der Waals surface area contributed by atoms with Gasteiger partial charge in [-0.05, 0) is 25.1 Å². The third-order valence-corrected chi connectivity index (χ3v) is 5.31. The van der Waals surface area contributed by atoms with E-state index in [1.165, 1.54) is 0 Å². The van der Waals surface area contributed by atoms with Gasteiger partial charge in [0.15, 0.2) is 12.0 Å². The monoisotopic (exact) mass is 538 g/mol. The first-order chi connectivity index (χ1) is 16.1. The zero-order chi connectivity index (χ0) is 25.0. The number of halogens is 4. The lowest BCUT2D eigenvalue weighted by molar-refractivity contribution is 0.112. The van der Waals surface area contributed by atoms with E-state index in [9.17, 15) is 4.79 Å². The Labute approximate surface area is 217 Å². The molecule has 0 amide bonds. The smallest absolute Gasteiger partial charge is 0.269 e. The Balaban J connectivity index is 0.00000103. The van der Waals surface area contributed by atoms with Crippen LogP contribution in [0, 0.1) is 6.92 Å². The zero-order valence-electron chi connectivity index (χ0n) is 18.9. The molecule has 0 aliphatic carbocycles. The van der Waals surface area contributed by atoms with Crippen LogP contribution >= 0.6 is 46.4 Å². The molecule has 0 aliphatic heterocycles. The number of aldehydes is 1. The van der Waals surface area contributed by atoms with Crippen LogP contribution < -0.4 is 0 Å². The first-order valence-electron chi connectivity index (χ1n) is 10.2. The van der Waals surface area contributed by atoms with Crippen LogP contribution in [0.4, 0.5) is 0 Å². The van der Waals surface area contributed by atoms with Crippen LogP contribution in [0.1, 0.15) is 42.6 Å². The Morgan fingerprint density at radius 2 is 1.68 bits per heavy atom. The molecular weight excluding hydrogens is 518 g/mol. The first kappa shape index (κ1) is 26.2. The summed E-state index contributed by atoms with van der Waals surface area (Å²) in [5.41, 5.74) is 3.33. The van der Waals surface area contributed by atoms with Crippen LogP contribution in [0.2, 0.25) is 10.0 Å². The van der Waals surface area contributed by atoms with Crippen molar-refractivity contribution in [1.82, 2.24) is 20.0 Å². The van der Waals surface area contributed by atoms with Gasteiger partial charge in [-0.25, -0.2) is 4.68 Å². The summed E-state index contributed by atoms with van der Waals surface area (Å²) >= 11 is 22.1. The maximum Gasteiger partial charge on any atom is 0.269 e. The summed E-state index contributed by atoms with van der Waals surface area (Å²) in [6.07, 6.45) is 0.749. The Kier molecular flexibility index (Phi) is 8.42. The summed E-state index contributed by atoms with van der Waals surface area (Å²) in [5, 5.41) is 14.0. The van der Waals surface area contributed by atoms with Gasteiger partial charge >= 0.3 is 0 Å². The largest absolute Gasteiger partial charge is 0.419 e. The molecule has 2 aromatic heterocycles. The van der Waals surface area contributed by atoms with Crippen molar-refractivity contribution in [1.29, 1.82) is 0 Å². The fraction of sp³-hybridized carbons (Fsp3) is 0.250. The van der Waals surface area contributed by atoms with E-state index in [-0.39, 0.29) is 16.6 Å². The molecule has 4 rings (SSSR count). The molecule has 0 spiro atoms. The average Bonchev–Trinajstić information content (AvgIpc) is 3.40. The van der Waals surface area contributed by atoms with E-state index in [0.29, 0.717) is 38.6 Å². The molecule has 2 aromatic carbocycles. The van der Waals surface area contributed by atoms with Crippen LogP contribution in [0.3, 0.4) is 0 Å². The number of carbonyl (C=O) groups excluding carboxylic acids is 1. The SMILES string of the molecule is Cc1ccc(-c2c(C=O)c(-c3nnc(C(C)(C)C)o3)nn2-c2ccc(Cl)cc2Cl)cc1.ClCCl. The van der Waals surface area contributed by atoms with E-state index in [1.807, 2.05) is 52.0 Å². The van der Waals surface area contributed by atoms with Crippen molar-refractivity contribution >= 4 is 52.7 Å². The van der Waals surface area contributed by atoms with Gasteiger partial charge in [0.2, 0.25) is 5.89 Å². The summed E-state index contributed by atoms with van der Waals surface area (Å²) in [5.74, 6) is 0.625. The molecule has 0 N–H and O–H groups in total. The molecule has 6 nitrogen and oxygen atoms in total. The van der Waals surface area contributed by atoms with Crippen LogP contribution in [0.5, 0.6) is 0 Å². The van der Waals surface area contributed by atoms with E-state index >= 15 is 0 Å². The molecule has 0 saturated heterocycles. The number of carbonyl (C=O) groups is 1. The third-order valence-electron chi connectivity index (χ3n) is 4.77. The summed E-state index contributed by atoms with van der Waals surface area (Å²) in [6.45, 7) is 7.90. The molecule has 0 bridgehead atoms. The highest BCUT2D eigenvalue weighted by atomic mass is 35.5. The number of aromatic nitrogens is 4. The van der Waals surface area contributed by atoms with E-state index in [0.717, 1.165) is 17.4 Å². The van der Waals surface area contributed by atoms with Crippen molar-refractivity contribution < 1.29 is 9.21 Å². The molecule has 178 valence electrons. The van der Waals surface area contributed by atoms with Gasteiger partial charge in [0.05, 0.1) is 27.3 Å². The van der Waals surface area contributed by atoms with Gasteiger partial charge in [0.1, 0.15) is 0 Å². The number of hydrogen-bond donors (Lipinski definition) is 0. The minimum Gasteiger partial charge on any atom is -0.419 e. The van der Waals surface area contributed by atoms with E-state index < -0.39 is 0 Å². The lowest BCUT2D eigenvalue weighted by Crippen LogP contribution is -2.11. The summed E-state index contributed by atoms with van der Waals surface area (Å²) in [7, 11) is 0. The third kappa shape index (κ3) is 5.63. The quantitative estimate of drug-likeness (QED) is 0.196. The Hall–Kier alpha value is -2.38. The molecule has 0 fully saturated rings. The normalized spacial score (nSPS) is 11.2. The predicted octanol–water partition coefficient (Wildman–Crippen LogP) is 7.74. The molecule has 2 heterocycles. The molecular formula is C24H22Cl4N4O2. The minimum absolute atomic E-state index is 0.171. The standard InChI is InChI=1S/C23H20Cl2N4O2.CH2Cl2/c1-13-5-7-14(8-6-13)20-16(12-30)19(21-26-27-22(31-21)23(2,3)4)28-29(20)18-10-9-15(24)11-17(18)25;2-1-3/h5-12H,1-4H3;1H2. The molecule has 34 heavy (non-hydrogen) atoms. The maximum absolute atomic E-state index is 12.3. The highest BCUT2D eigenvalue weighted by molar-refractivity contribution is 6.40. The number of nitrogens with zero attached hydrogens (tertiary/aromatic N) is 4. The highest BCUT2D eigenvalue weighted by Gasteiger charge is 2.28. The number of aryl methyl sites for hydroxylation is 1. The number of hydrogen-bond acceptors (Lipinski definition) is 5. The molecule has 10 heteroatoms. The second-order valence-corrected chi connectivity index (χ2v) is 10.0. The topological polar surface area (TPSA) is 73.8 Å². The van der Waals surface area contributed by atoms with Crippen LogP contribution in [-0.2, 0) is 5.41 Å². The van der Waals surface area contributed by atoms with Crippen molar-refractivity contribution in [2.24, 2.45) is 0 Å². The van der Waals surface area contributed by atoms with Gasteiger partial charge in [0.25, 0.3) is 5.89 Å². The maximum atomic E-state index is 12.3. The number of alkyl halides is 2. The van der Waals surface area contributed by atoms with Crippen LogP contribution in [0.15, 0.2) is 46.9 Å². The Morgan fingerprint density at radius 1 is 1.03 bits per heavy atom. The van der Waals surface area contributed by atoms with Gasteiger partial charge in [0, 0.05) is 16.0 Å². The van der Waals surface area contributed by atoms with Crippen molar-refractivity contribution in [3.05, 3.63) is 69.5 Å². The van der Waals surface area contributed by atoms with E-state index in [2.05, 4.69) is 15.3 Å². The van der Waals surface area contributed by atoms with E-state index in [4.69, 9.17) is 50.8 Å². The van der Waals surface area contributed by atoms with Crippen LogP contribution in [0.25, 0.3) is 28.5 Å². The molecule has 0 unspecified atom stereocenters. The lowest BCUT2D eigenvalue weighted by atomic mass is 9.97. The summed E-state index contributed by atoms with van der Waals surface area (Å²) < 4.78 is 7.49. The molecule has 4 aromatic rings. The van der Waals surface area contributed by atoms with Crippen molar-refractivity contribution in [3.8, 4) is 28.5 Å². The summed E-state index contributed by atoms with van der Waals surface area (Å²) in [4.78, 5) is 12.3. The number of rotatable bonds is 4. The Bertz CT molecular complexity index is 1290. The van der Waals surface area contributed by atoms with E-state index in [1.54, 1.807) is 22.9 Å². The lowest BCUT2D eigenvalue weighted by Gasteiger charge is -2.10. The van der Waals surface area contributed by atoms with Gasteiger partial charge in [-0.1, -0.05) is 73.8 Å². The fourth-order valence-electron chi connectivity index (χ4n) is 3.14. The predicted molar refractivity (Wildman–Crippen MR) is 138 cm³/mol. The van der Waals surface area contributed by atoms with Crippen LogP contribution in [-0.4, -0.2) is 31.6 Å². The van der Waals surface area contributed by atoms with Gasteiger partial charge in [-0.2, -0.15) is 5.10 Å². The molecule has 0 aliphatic rings. The zero-order valence-corrected chi connectivity index (χ0v) is 22.0. The van der Waals surface area contributed by atoms with Gasteiger partial charge in [-0.15, -0.1) is 33.4 Å². The fourth-order valence-corrected chi connectivity index (χ4v) is 3.63. The van der Waals surface area contributed by atoms with Gasteiger partial charge in [-0.3, -0.25) is 4.79 Å². The van der Waals surface area contributed by atoms with Gasteiger partial charge < -0.3 is 4.42 Å². The Morgan fingerprint density at radius 3 is 2.21 bits per heavy atom. The van der Waals surface area contributed by atoms with Crippen molar-refractivity contribution in [2.45, 2.75) is 33.1 Å². The minimum atomic E-state index is -0.339. The number of benzene rings is 2. The summed E-state index contributed by atoms with van der Waals surface area (Å²) in [6, 6.07) is 12.9. The van der Waals surface area contributed by atoms with Crippen molar-refractivity contribution in [2.75, 3.05) is 5.34 Å². The second kappa shape index (κ2) is 10.9. The average molecular weight is 540 g/mol. The molecule has 0 saturated carbocycles. The second-order valence-electron chi connectivity index (χ2n) is 8.37. The van der Waals surface area contributed by atoms with Crippen molar-refractivity contribution in [3.63, 3.8) is 0 Å². The first-order valence-corrected chi connectivity index (χ1v) is 12.0. The molecule has 0 atom stereocenters. The highest BCUT2D eigenvalue weighted by Crippen LogP contribution is 2.36.